The average molecular weight is 193 g/mol. The normalized spacial score (nSPS) is 25.6. The van der Waals surface area contributed by atoms with E-state index in [9.17, 15) is 4.79 Å². The molecule has 0 unspecified atom stereocenters. The summed E-state index contributed by atoms with van der Waals surface area (Å²) < 4.78 is 0. The second-order valence-electron chi connectivity index (χ2n) is 4.93. The number of hydrogen-bond acceptors (Lipinski definition) is 2. The Bertz CT molecular complexity index is 262. The van der Waals surface area contributed by atoms with E-state index in [1.54, 1.807) is 0 Å². The van der Waals surface area contributed by atoms with Crippen LogP contribution in [0.5, 0.6) is 0 Å². The summed E-state index contributed by atoms with van der Waals surface area (Å²) in [5, 5.41) is 8.66. The Balaban J connectivity index is 2.48. The fraction of sp³-hybridized carbons (Fsp3) is 0.833. The summed E-state index contributed by atoms with van der Waals surface area (Å²) >= 11 is 0. The maximum Gasteiger partial charge on any atom is 0.142 e. The SMILES string of the molecule is CCCCC(C)(C)C(=O)[C@@H]1C[C@H]1C#N. The van der Waals surface area contributed by atoms with Crippen LogP contribution in [-0.2, 0) is 4.79 Å². The molecule has 1 aliphatic rings. The van der Waals surface area contributed by atoms with Crippen molar-refractivity contribution in [3.05, 3.63) is 0 Å². The van der Waals surface area contributed by atoms with Crippen LogP contribution in [0, 0.1) is 28.6 Å². The fourth-order valence-corrected chi connectivity index (χ4v) is 1.87. The van der Waals surface area contributed by atoms with Crippen LogP contribution >= 0.6 is 0 Å². The van der Waals surface area contributed by atoms with Crippen LogP contribution in [0.3, 0.4) is 0 Å². The maximum atomic E-state index is 12.0. The smallest absolute Gasteiger partial charge is 0.142 e. The molecule has 1 rings (SSSR count). The van der Waals surface area contributed by atoms with Crippen molar-refractivity contribution in [3.63, 3.8) is 0 Å². The topological polar surface area (TPSA) is 40.9 Å². The molecule has 1 aliphatic carbocycles. The fourth-order valence-electron chi connectivity index (χ4n) is 1.87. The molecule has 1 saturated carbocycles. The molecule has 78 valence electrons. The molecule has 0 aromatic carbocycles. The van der Waals surface area contributed by atoms with E-state index >= 15 is 0 Å². The molecule has 0 aliphatic heterocycles. The third-order valence-electron chi connectivity index (χ3n) is 3.12. The molecule has 14 heavy (non-hydrogen) atoms. The Morgan fingerprint density at radius 1 is 1.57 bits per heavy atom. The molecule has 0 bridgehead atoms. The van der Waals surface area contributed by atoms with Gasteiger partial charge in [0.25, 0.3) is 0 Å². The van der Waals surface area contributed by atoms with Crippen molar-refractivity contribution in [1.82, 2.24) is 0 Å². The number of hydrogen-bond donors (Lipinski definition) is 0. The number of carbonyl (C=O) groups is 1. The lowest BCUT2D eigenvalue weighted by Gasteiger charge is -2.22. The van der Waals surface area contributed by atoms with Gasteiger partial charge in [-0.2, -0.15) is 5.26 Å². The van der Waals surface area contributed by atoms with Gasteiger partial charge in [0, 0.05) is 11.3 Å². The molecule has 2 atom stereocenters. The first-order valence-electron chi connectivity index (χ1n) is 5.47. The number of ketones is 1. The Labute approximate surface area is 86.3 Å². The minimum Gasteiger partial charge on any atom is -0.299 e. The largest absolute Gasteiger partial charge is 0.299 e. The van der Waals surface area contributed by atoms with Crippen molar-refractivity contribution in [2.45, 2.75) is 46.5 Å². The van der Waals surface area contributed by atoms with E-state index in [0.29, 0.717) is 5.78 Å². The quantitative estimate of drug-likeness (QED) is 0.673. The number of Topliss-reactive ketones (excluding diaryl/α,β-unsaturated/α-hetero) is 1. The monoisotopic (exact) mass is 193 g/mol. The van der Waals surface area contributed by atoms with Crippen molar-refractivity contribution in [3.8, 4) is 6.07 Å². The Morgan fingerprint density at radius 3 is 2.64 bits per heavy atom. The molecule has 0 N–H and O–H groups in total. The van der Waals surface area contributed by atoms with E-state index in [0.717, 1.165) is 25.7 Å². The molecule has 0 aromatic heterocycles. The first kappa shape index (κ1) is 11.2. The number of carbonyl (C=O) groups excluding carboxylic acids is 1. The van der Waals surface area contributed by atoms with Gasteiger partial charge in [-0.05, 0) is 12.8 Å². The van der Waals surface area contributed by atoms with E-state index in [-0.39, 0.29) is 17.3 Å². The number of rotatable bonds is 5. The minimum absolute atomic E-state index is 0.0170. The van der Waals surface area contributed by atoms with Gasteiger partial charge in [-0.3, -0.25) is 4.79 Å². The zero-order chi connectivity index (χ0) is 10.8. The van der Waals surface area contributed by atoms with E-state index in [4.69, 9.17) is 5.26 Å². The van der Waals surface area contributed by atoms with Crippen LogP contribution in [0.4, 0.5) is 0 Å². The number of nitriles is 1. The Hall–Kier alpha value is -0.840. The third kappa shape index (κ3) is 2.35. The third-order valence-corrected chi connectivity index (χ3v) is 3.12. The molecular formula is C12H19NO. The molecule has 0 saturated heterocycles. The van der Waals surface area contributed by atoms with Crippen LogP contribution in [0.15, 0.2) is 0 Å². The average Bonchev–Trinajstić information content (AvgIpc) is 2.92. The molecule has 0 heterocycles. The van der Waals surface area contributed by atoms with Gasteiger partial charge in [-0.1, -0.05) is 33.6 Å². The van der Waals surface area contributed by atoms with Gasteiger partial charge in [-0.15, -0.1) is 0 Å². The summed E-state index contributed by atoms with van der Waals surface area (Å²) in [6, 6.07) is 2.18. The van der Waals surface area contributed by atoms with Gasteiger partial charge >= 0.3 is 0 Å². The second-order valence-corrected chi connectivity index (χ2v) is 4.93. The summed E-state index contributed by atoms with van der Waals surface area (Å²) in [4.78, 5) is 12.0. The van der Waals surface area contributed by atoms with Gasteiger partial charge in [0.1, 0.15) is 5.78 Å². The molecule has 2 heteroatoms. The van der Waals surface area contributed by atoms with Crippen molar-refractivity contribution >= 4 is 5.78 Å². The van der Waals surface area contributed by atoms with Gasteiger partial charge in [0.05, 0.1) is 12.0 Å². The first-order chi connectivity index (χ1) is 6.53. The summed E-state index contributed by atoms with van der Waals surface area (Å²) in [5.74, 6) is 0.368. The van der Waals surface area contributed by atoms with Crippen molar-refractivity contribution in [2.75, 3.05) is 0 Å². The van der Waals surface area contributed by atoms with Crippen molar-refractivity contribution in [2.24, 2.45) is 17.3 Å². The molecule has 0 amide bonds. The molecule has 0 aromatic rings. The molecule has 1 fully saturated rings. The minimum atomic E-state index is -0.216. The second kappa shape index (κ2) is 4.13. The van der Waals surface area contributed by atoms with Crippen LogP contribution < -0.4 is 0 Å². The highest BCUT2D eigenvalue weighted by molar-refractivity contribution is 5.89. The first-order valence-corrected chi connectivity index (χ1v) is 5.47. The zero-order valence-corrected chi connectivity index (χ0v) is 9.34. The molecular weight excluding hydrogens is 174 g/mol. The highest BCUT2D eigenvalue weighted by Gasteiger charge is 2.47. The van der Waals surface area contributed by atoms with Gasteiger partial charge in [0.2, 0.25) is 0 Å². The Morgan fingerprint density at radius 2 is 2.21 bits per heavy atom. The van der Waals surface area contributed by atoms with E-state index in [1.807, 2.05) is 13.8 Å². The summed E-state index contributed by atoms with van der Waals surface area (Å²) in [5.41, 5.74) is -0.216. The zero-order valence-electron chi connectivity index (χ0n) is 9.34. The van der Waals surface area contributed by atoms with Gasteiger partial charge < -0.3 is 0 Å². The lowest BCUT2D eigenvalue weighted by molar-refractivity contribution is -0.129. The van der Waals surface area contributed by atoms with E-state index in [1.165, 1.54) is 0 Å². The number of unbranched alkanes of at least 4 members (excludes halogenated alkanes) is 1. The van der Waals surface area contributed by atoms with Crippen LogP contribution in [0.25, 0.3) is 0 Å². The standard InChI is InChI=1S/C12H19NO/c1-4-5-6-12(2,3)11(14)10-7-9(10)8-13/h9-10H,4-7H2,1-3H3/t9-,10+/m0/s1. The highest BCUT2D eigenvalue weighted by Crippen LogP contribution is 2.44. The lowest BCUT2D eigenvalue weighted by atomic mass is 9.80. The molecule has 0 radical (unpaired) electrons. The summed E-state index contributed by atoms with van der Waals surface area (Å²) in [7, 11) is 0. The van der Waals surface area contributed by atoms with Crippen LogP contribution in [0.2, 0.25) is 0 Å². The highest BCUT2D eigenvalue weighted by atomic mass is 16.1. The Kier molecular flexibility index (Phi) is 3.31. The van der Waals surface area contributed by atoms with Crippen LogP contribution in [0.1, 0.15) is 46.5 Å². The van der Waals surface area contributed by atoms with E-state index in [2.05, 4.69) is 13.0 Å². The summed E-state index contributed by atoms with van der Waals surface area (Å²) in [6.07, 6.45) is 3.98. The van der Waals surface area contributed by atoms with Crippen molar-refractivity contribution in [1.29, 1.82) is 5.26 Å². The van der Waals surface area contributed by atoms with Gasteiger partial charge in [0.15, 0.2) is 0 Å². The predicted molar refractivity (Wildman–Crippen MR) is 55.5 cm³/mol. The predicted octanol–water partition coefficient (Wildman–Crippen LogP) is 2.93. The van der Waals surface area contributed by atoms with Gasteiger partial charge in [-0.25, -0.2) is 0 Å². The summed E-state index contributed by atoms with van der Waals surface area (Å²) in [6.45, 7) is 6.16. The maximum absolute atomic E-state index is 12.0. The number of nitrogens with zero attached hydrogens (tertiary/aromatic N) is 1. The van der Waals surface area contributed by atoms with E-state index < -0.39 is 0 Å². The molecule has 2 nitrogen and oxygen atoms in total. The van der Waals surface area contributed by atoms with Crippen molar-refractivity contribution < 1.29 is 4.79 Å². The van der Waals surface area contributed by atoms with Crippen LogP contribution in [-0.4, -0.2) is 5.78 Å². The lowest BCUT2D eigenvalue weighted by Crippen LogP contribution is -2.26. The molecule has 0 spiro atoms.